The summed E-state index contributed by atoms with van der Waals surface area (Å²) in [6.45, 7) is 1.58. The molecule has 1 heterocycles. The Morgan fingerprint density at radius 1 is 1.16 bits per heavy atom. The molecule has 0 aliphatic heterocycles. The Hall–Kier alpha value is -2.79. The standard InChI is InChI=1S/C19H15ClO5/c1-11(19(22)23-2)25-14-7-8-15-17(9-14)24-10-16(18(15)21)12-3-5-13(20)6-4-12/h3-11H,1-2H3/t11-/m1/s1. The number of fused-ring (bicyclic) bond motifs is 1. The van der Waals surface area contributed by atoms with Gasteiger partial charge in [-0.15, -0.1) is 0 Å². The van der Waals surface area contributed by atoms with Crippen molar-refractivity contribution in [1.29, 1.82) is 0 Å². The minimum absolute atomic E-state index is 0.156. The van der Waals surface area contributed by atoms with E-state index in [4.69, 9.17) is 20.8 Å². The Morgan fingerprint density at radius 3 is 2.56 bits per heavy atom. The number of carbonyl (C=O) groups is 1. The summed E-state index contributed by atoms with van der Waals surface area (Å²) in [7, 11) is 1.29. The maximum atomic E-state index is 12.7. The molecule has 25 heavy (non-hydrogen) atoms. The first-order chi connectivity index (χ1) is 12.0. The minimum atomic E-state index is -0.762. The molecule has 0 aliphatic rings. The van der Waals surface area contributed by atoms with Gasteiger partial charge in [0.1, 0.15) is 17.6 Å². The van der Waals surface area contributed by atoms with Crippen molar-refractivity contribution in [3.05, 3.63) is 64.0 Å². The molecule has 0 N–H and O–H groups in total. The fourth-order valence-corrected chi connectivity index (χ4v) is 2.55. The summed E-state index contributed by atoms with van der Waals surface area (Å²) in [5, 5.41) is 1.01. The van der Waals surface area contributed by atoms with E-state index in [9.17, 15) is 9.59 Å². The van der Waals surface area contributed by atoms with Gasteiger partial charge in [0.2, 0.25) is 0 Å². The number of halogens is 1. The van der Waals surface area contributed by atoms with Gasteiger partial charge in [-0.2, -0.15) is 0 Å². The van der Waals surface area contributed by atoms with Gasteiger partial charge in [-0.1, -0.05) is 23.7 Å². The average molecular weight is 359 g/mol. The molecule has 0 amide bonds. The van der Waals surface area contributed by atoms with E-state index in [0.717, 1.165) is 5.56 Å². The number of hydrogen-bond acceptors (Lipinski definition) is 5. The zero-order valence-electron chi connectivity index (χ0n) is 13.6. The molecule has 3 rings (SSSR count). The Bertz CT molecular complexity index is 975. The van der Waals surface area contributed by atoms with Crippen LogP contribution in [0.5, 0.6) is 5.75 Å². The molecule has 2 aromatic carbocycles. The van der Waals surface area contributed by atoms with Crippen molar-refractivity contribution in [1.82, 2.24) is 0 Å². The van der Waals surface area contributed by atoms with Crippen LogP contribution in [0.4, 0.5) is 0 Å². The quantitative estimate of drug-likeness (QED) is 0.658. The monoisotopic (exact) mass is 358 g/mol. The number of hydrogen-bond donors (Lipinski definition) is 0. The van der Waals surface area contributed by atoms with Crippen LogP contribution in [0.2, 0.25) is 5.02 Å². The highest BCUT2D eigenvalue weighted by atomic mass is 35.5. The molecule has 0 unspecified atom stereocenters. The highest BCUT2D eigenvalue weighted by molar-refractivity contribution is 6.30. The topological polar surface area (TPSA) is 65.7 Å². The predicted octanol–water partition coefficient (Wildman–Crippen LogP) is 4.05. The first-order valence-electron chi connectivity index (χ1n) is 7.55. The van der Waals surface area contributed by atoms with Gasteiger partial charge < -0.3 is 13.9 Å². The van der Waals surface area contributed by atoms with E-state index in [-0.39, 0.29) is 5.43 Å². The Morgan fingerprint density at radius 2 is 1.88 bits per heavy atom. The van der Waals surface area contributed by atoms with Gasteiger partial charge in [0.15, 0.2) is 11.5 Å². The Balaban J connectivity index is 1.98. The number of rotatable bonds is 4. The summed E-state index contributed by atoms with van der Waals surface area (Å²) >= 11 is 5.88. The van der Waals surface area contributed by atoms with Gasteiger partial charge in [-0.3, -0.25) is 4.79 Å². The van der Waals surface area contributed by atoms with Gasteiger partial charge >= 0.3 is 5.97 Å². The molecule has 0 spiro atoms. The molecule has 128 valence electrons. The van der Waals surface area contributed by atoms with Crippen LogP contribution in [0.25, 0.3) is 22.1 Å². The van der Waals surface area contributed by atoms with Gasteiger partial charge in [-0.05, 0) is 36.8 Å². The summed E-state index contributed by atoms with van der Waals surface area (Å²) in [6, 6.07) is 11.7. The van der Waals surface area contributed by atoms with E-state index in [1.165, 1.54) is 13.4 Å². The summed E-state index contributed by atoms with van der Waals surface area (Å²) < 4.78 is 15.7. The van der Waals surface area contributed by atoms with Crippen LogP contribution < -0.4 is 10.2 Å². The lowest BCUT2D eigenvalue weighted by atomic mass is 10.1. The van der Waals surface area contributed by atoms with Crippen molar-refractivity contribution >= 4 is 28.5 Å². The maximum Gasteiger partial charge on any atom is 0.346 e. The van der Waals surface area contributed by atoms with Gasteiger partial charge in [0.25, 0.3) is 0 Å². The van der Waals surface area contributed by atoms with Crippen molar-refractivity contribution in [2.75, 3.05) is 7.11 Å². The second-order valence-corrected chi connectivity index (χ2v) is 5.86. The molecule has 0 fully saturated rings. The van der Waals surface area contributed by atoms with Crippen molar-refractivity contribution in [3.63, 3.8) is 0 Å². The lowest BCUT2D eigenvalue weighted by Crippen LogP contribution is -2.24. The highest BCUT2D eigenvalue weighted by Gasteiger charge is 2.16. The normalized spacial score (nSPS) is 12.0. The summed E-state index contributed by atoms with van der Waals surface area (Å²) in [5.74, 6) is -0.0765. The van der Waals surface area contributed by atoms with Crippen molar-refractivity contribution in [2.24, 2.45) is 0 Å². The number of benzene rings is 2. The van der Waals surface area contributed by atoms with Gasteiger partial charge in [0.05, 0.1) is 18.1 Å². The Labute approximate surface area is 148 Å². The van der Waals surface area contributed by atoms with E-state index in [1.807, 2.05) is 0 Å². The maximum absolute atomic E-state index is 12.7. The number of ether oxygens (including phenoxy) is 2. The number of methoxy groups -OCH3 is 1. The molecule has 0 saturated carbocycles. The Kier molecular flexibility index (Phi) is 4.76. The first-order valence-corrected chi connectivity index (χ1v) is 7.93. The van der Waals surface area contributed by atoms with Crippen LogP contribution in [-0.4, -0.2) is 19.2 Å². The van der Waals surface area contributed by atoms with Gasteiger partial charge in [0, 0.05) is 11.1 Å². The minimum Gasteiger partial charge on any atom is -0.479 e. The van der Waals surface area contributed by atoms with Crippen LogP contribution in [0, 0.1) is 0 Å². The fourth-order valence-electron chi connectivity index (χ4n) is 2.43. The van der Waals surface area contributed by atoms with Gasteiger partial charge in [-0.25, -0.2) is 4.79 Å². The van der Waals surface area contributed by atoms with Crippen molar-refractivity contribution in [2.45, 2.75) is 13.0 Å². The first kappa shape index (κ1) is 17.0. The van der Waals surface area contributed by atoms with Crippen LogP contribution in [-0.2, 0) is 9.53 Å². The lowest BCUT2D eigenvalue weighted by Gasteiger charge is -2.12. The molecule has 3 aromatic rings. The largest absolute Gasteiger partial charge is 0.479 e. The third-order valence-corrected chi connectivity index (χ3v) is 4.00. The number of esters is 1. The molecular weight excluding hydrogens is 344 g/mol. The van der Waals surface area contributed by atoms with Crippen molar-refractivity contribution in [3.8, 4) is 16.9 Å². The van der Waals surface area contributed by atoms with Crippen LogP contribution in [0.1, 0.15) is 6.92 Å². The van der Waals surface area contributed by atoms with Crippen LogP contribution in [0.3, 0.4) is 0 Å². The van der Waals surface area contributed by atoms with E-state index >= 15 is 0 Å². The summed E-state index contributed by atoms with van der Waals surface area (Å²) in [6.07, 6.45) is 0.643. The number of carbonyl (C=O) groups excluding carboxylic acids is 1. The van der Waals surface area contributed by atoms with Crippen molar-refractivity contribution < 1.29 is 18.7 Å². The second kappa shape index (κ2) is 6.99. The molecule has 5 nitrogen and oxygen atoms in total. The zero-order valence-corrected chi connectivity index (χ0v) is 14.4. The highest BCUT2D eigenvalue weighted by Crippen LogP contribution is 2.24. The lowest BCUT2D eigenvalue weighted by molar-refractivity contribution is -0.147. The summed E-state index contributed by atoms with van der Waals surface area (Å²) in [4.78, 5) is 24.1. The molecule has 0 bridgehead atoms. The molecular formula is C19H15ClO5. The van der Waals surface area contributed by atoms with E-state index in [0.29, 0.717) is 27.3 Å². The van der Waals surface area contributed by atoms with E-state index in [2.05, 4.69) is 4.74 Å². The molecule has 1 atom stereocenters. The fraction of sp³-hybridized carbons (Fsp3) is 0.158. The average Bonchev–Trinajstić information content (AvgIpc) is 2.62. The zero-order chi connectivity index (χ0) is 18.0. The van der Waals surface area contributed by atoms with E-state index < -0.39 is 12.1 Å². The summed E-state index contributed by atoms with van der Waals surface area (Å²) in [5.41, 5.74) is 1.38. The molecule has 6 heteroatoms. The molecule has 0 aliphatic carbocycles. The molecule has 1 aromatic heterocycles. The smallest absolute Gasteiger partial charge is 0.346 e. The van der Waals surface area contributed by atoms with Crippen LogP contribution >= 0.6 is 11.6 Å². The van der Waals surface area contributed by atoms with Crippen LogP contribution in [0.15, 0.2) is 57.9 Å². The third kappa shape index (κ3) is 3.51. The molecule has 0 saturated heterocycles. The third-order valence-electron chi connectivity index (χ3n) is 3.75. The molecule has 0 radical (unpaired) electrons. The van der Waals surface area contributed by atoms with E-state index in [1.54, 1.807) is 49.4 Å². The SMILES string of the molecule is COC(=O)[C@@H](C)Oc1ccc2c(=O)c(-c3ccc(Cl)cc3)coc2c1. The predicted molar refractivity (Wildman–Crippen MR) is 95.0 cm³/mol. The second-order valence-electron chi connectivity index (χ2n) is 5.43.